The van der Waals surface area contributed by atoms with Crippen molar-refractivity contribution in [3.8, 4) is 0 Å². The van der Waals surface area contributed by atoms with Gasteiger partial charge in [0.05, 0.1) is 24.9 Å². The molecule has 0 aromatic carbocycles. The van der Waals surface area contributed by atoms with E-state index in [-0.39, 0.29) is 12.0 Å². The number of anilines is 1. The van der Waals surface area contributed by atoms with Gasteiger partial charge in [-0.15, -0.1) is 0 Å². The van der Waals surface area contributed by atoms with Crippen molar-refractivity contribution in [2.75, 3.05) is 64.0 Å². The van der Waals surface area contributed by atoms with E-state index in [9.17, 15) is 4.79 Å². The van der Waals surface area contributed by atoms with Crippen molar-refractivity contribution >= 4 is 11.7 Å². The van der Waals surface area contributed by atoms with Crippen LogP contribution in [0.15, 0.2) is 18.3 Å². The van der Waals surface area contributed by atoms with Crippen LogP contribution in [0.2, 0.25) is 0 Å². The zero-order valence-corrected chi connectivity index (χ0v) is 16.9. The molecule has 0 saturated carbocycles. The molecule has 28 heavy (non-hydrogen) atoms. The van der Waals surface area contributed by atoms with Crippen molar-refractivity contribution in [2.45, 2.75) is 38.3 Å². The lowest BCUT2D eigenvalue weighted by atomic mass is 10.0. The standard InChI is InChI=1S/C21H32N4O3/c1-17-16-25(7-2-12-28-17)20-4-3-18(15-22-20)21(26)24-8-5-19(6-9-24)23-10-13-27-14-11-23/h3-4,15,17,19H,2,5-14,16H2,1H3/t17-/m1/s1. The average molecular weight is 389 g/mol. The Bertz CT molecular complexity index is 640. The van der Waals surface area contributed by atoms with Gasteiger partial charge in [-0.05, 0) is 38.3 Å². The molecule has 1 aromatic rings. The summed E-state index contributed by atoms with van der Waals surface area (Å²) in [6.07, 6.45) is 5.04. The molecule has 4 heterocycles. The van der Waals surface area contributed by atoms with Crippen molar-refractivity contribution in [3.05, 3.63) is 23.9 Å². The number of rotatable bonds is 3. The van der Waals surface area contributed by atoms with Crippen LogP contribution in [-0.4, -0.2) is 91.9 Å². The van der Waals surface area contributed by atoms with E-state index in [1.165, 1.54) is 0 Å². The third-order valence-corrected chi connectivity index (χ3v) is 6.08. The van der Waals surface area contributed by atoms with E-state index in [4.69, 9.17) is 9.47 Å². The third-order valence-electron chi connectivity index (χ3n) is 6.08. The fourth-order valence-electron chi connectivity index (χ4n) is 4.46. The van der Waals surface area contributed by atoms with Gasteiger partial charge in [-0.3, -0.25) is 9.69 Å². The van der Waals surface area contributed by atoms with Crippen LogP contribution in [0.4, 0.5) is 5.82 Å². The van der Waals surface area contributed by atoms with Crippen molar-refractivity contribution in [1.82, 2.24) is 14.8 Å². The van der Waals surface area contributed by atoms with Crippen LogP contribution >= 0.6 is 0 Å². The zero-order valence-electron chi connectivity index (χ0n) is 16.9. The highest BCUT2D eigenvalue weighted by molar-refractivity contribution is 5.94. The SMILES string of the molecule is C[C@@H]1CN(c2ccc(C(=O)N3CCC(N4CCOCC4)CC3)cn2)CCCO1. The number of ether oxygens (including phenoxy) is 2. The topological polar surface area (TPSA) is 58.1 Å². The van der Waals surface area contributed by atoms with E-state index in [1.54, 1.807) is 6.20 Å². The van der Waals surface area contributed by atoms with Crippen LogP contribution in [0.3, 0.4) is 0 Å². The summed E-state index contributed by atoms with van der Waals surface area (Å²) in [4.78, 5) is 24.2. The van der Waals surface area contributed by atoms with Gasteiger partial charge in [0.1, 0.15) is 5.82 Å². The van der Waals surface area contributed by atoms with Crippen LogP contribution < -0.4 is 4.90 Å². The van der Waals surface area contributed by atoms with Crippen LogP contribution in [-0.2, 0) is 9.47 Å². The van der Waals surface area contributed by atoms with Gasteiger partial charge in [0.15, 0.2) is 0 Å². The molecule has 1 atom stereocenters. The molecule has 1 aromatic heterocycles. The van der Waals surface area contributed by atoms with Crippen molar-refractivity contribution < 1.29 is 14.3 Å². The van der Waals surface area contributed by atoms with Gasteiger partial charge in [-0.25, -0.2) is 4.98 Å². The molecule has 154 valence electrons. The minimum absolute atomic E-state index is 0.104. The molecule has 1 amide bonds. The summed E-state index contributed by atoms with van der Waals surface area (Å²) in [5.74, 6) is 1.03. The summed E-state index contributed by atoms with van der Waals surface area (Å²) in [5, 5.41) is 0. The number of nitrogens with zero attached hydrogens (tertiary/aromatic N) is 4. The van der Waals surface area contributed by atoms with Crippen LogP contribution in [0.25, 0.3) is 0 Å². The van der Waals surface area contributed by atoms with Crippen molar-refractivity contribution in [2.24, 2.45) is 0 Å². The molecule has 3 saturated heterocycles. The fourth-order valence-corrected chi connectivity index (χ4v) is 4.46. The first-order valence-electron chi connectivity index (χ1n) is 10.6. The van der Waals surface area contributed by atoms with Crippen LogP contribution in [0.1, 0.15) is 36.5 Å². The molecule has 7 heteroatoms. The molecule has 3 fully saturated rings. The highest BCUT2D eigenvalue weighted by Crippen LogP contribution is 2.21. The van der Waals surface area contributed by atoms with Crippen LogP contribution in [0, 0.1) is 0 Å². The summed E-state index contributed by atoms with van der Waals surface area (Å²) < 4.78 is 11.2. The molecule has 0 aliphatic carbocycles. The Hall–Kier alpha value is -1.70. The predicted molar refractivity (Wildman–Crippen MR) is 108 cm³/mol. The molecule has 0 N–H and O–H groups in total. The maximum atomic E-state index is 12.9. The molecular weight excluding hydrogens is 356 g/mol. The first-order chi connectivity index (χ1) is 13.7. The molecule has 0 unspecified atom stereocenters. The van der Waals surface area contributed by atoms with Gasteiger partial charge in [-0.2, -0.15) is 0 Å². The Kier molecular flexibility index (Phi) is 6.44. The van der Waals surface area contributed by atoms with Crippen molar-refractivity contribution in [3.63, 3.8) is 0 Å². The number of hydrogen-bond donors (Lipinski definition) is 0. The third kappa shape index (κ3) is 4.64. The van der Waals surface area contributed by atoms with E-state index in [2.05, 4.69) is 21.7 Å². The second kappa shape index (κ2) is 9.20. The Morgan fingerprint density at radius 1 is 1.07 bits per heavy atom. The molecule has 4 rings (SSSR count). The van der Waals surface area contributed by atoms with Gasteiger partial charge in [0, 0.05) is 58.1 Å². The molecule has 7 nitrogen and oxygen atoms in total. The number of carbonyl (C=O) groups excluding carboxylic acids is 1. The number of pyridine rings is 1. The minimum atomic E-state index is 0.104. The maximum Gasteiger partial charge on any atom is 0.255 e. The van der Waals surface area contributed by atoms with E-state index in [1.807, 2.05) is 17.0 Å². The molecule has 0 radical (unpaired) electrons. The number of aromatic nitrogens is 1. The fraction of sp³-hybridized carbons (Fsp3) is 0.714. The quantitative estimate of drug-likeness (QED) is 0.785. The molecular formula is C21H32N4O3. The largest absolute Gasteiger partial charge is 0.379 e. The maximum absolute atomic E-state index is 12.9. The number of morpholine rings is 1. The lowest BCUT2D eigenvalue weighted by molar-refractivity contribution is 0.00158. The Morgan fingerprint density at radius 2 is 1.86 bits per heavy atom. The van der Waals surface area contributed by atoms with Gasteiger partial charge in [0.25, 0.3) is 5.91 Å². The average Bonchev–Trinajstić information content (AvgIpc) is 2.98. The predicted octanol–water partition coefficient (Wildman–Crippen LogP) is 1.63. The van der Waals surface area contributed by atoms with E-state index >= 15 is 0 Å². The Morgan fingerprint density at radius 3 is 2.57 bits per heavy atom. The molecule has 0 bridgehead atoms. The second-order valence-corrected chi connectivity index (χ2v) is 8.06. The van der Waals surface area contributed by atoms with E-state index in [0.717, 1.165) is 84.2 Å². The Labute approximate surface area is 167 Å². The summed E-state index contributed by atoms with van der Waals surface area (Å²) >= 11 is 0. The van der Waals surface area contributed by atoms with E-state index in [0.29, 0.717) is 11.6 Å². The van der Waals surface area contributed by atoms with Gasteiger partial charge in [0.2, 0.25) is 0 Å². The highest BCUT2D eigenvalue weighted by atomic mass is 16.5. The summed E-state index contributed by atoms with van der Waals surface area (Å²) in [7, 11) is 0. The molecule has 0 spiro atoms. The molecule has 3 aliphatic rings. The van der Waals surface area contributed by atoms with Crippen LogP contribution in [0.5, 0.6) is 0 Å². The van der Waals surface area contributed by atoms with Gasteiger partial charge in [-0.1, -0.05) is 0 Å². The number of carbonyl (C=O) groups is 1. The molecule has 3 aliphatic heterocycles. The van der Waals surface area contributed by atoms with E-state index < -0.39 is 0 Å². The first kappa shape index (κ1) is 19.6. The summed E-state index contributed by atoms with van der Waals surface area (Å²) in [5.41, 5.74) is 0.688. The Balaban J connectivity index is 1.32. The minimum Gasteiger partial charge on any atom is -0.379 e. The zero-order chi connectivity index (χ0) is 19.3. The number of likely N-dealkylation sites (tertiary alicyclic amines) is 1. The highest BCUT2D eigenvalue weighted by Gasteiger charge is 2.28. The lowest BCUT2D eigenvalue weighted by Crippen LogP contribution is -2.50. The first-order valence-corrected chi connectivity index (χ1v) is 10.6. The monoisotopic (exact) mass is 388 g/mol. The summed E-state index contributed by atoms with van der Waals surface area (Å²) in [6, 6.07) is 4.49. The number of hydrogen-bond acceptors (Lipinski definition) is 6. The smallest absolute Gasteiger partial charge is 0.255 e. The number of piperidine rings is 1. The number of amides is 1. The van der Waals surface area contributed by atoms with Gasteiger partial charge >= 0.3 is 0 Å². The van der Waals surface area contributed by atoms with Gasteiger partial charge < -0.3 is 19.3 Å². The normalized spacial score (nSPS) is 25.5. The summed E-state index contributed by atoms with van der Waals surface area (Å²) in [6.45, 7) is 10.0. The lowest BCUT2D eigenvalue weighted by Gasteiger charge is -2.40. The second-order valence-electron chi connectivity index (χ2n) is 8.06. The van der Waals surface area contributed by atoms with Crippen molar-refractivity contribution in [1.29, 1.82) is 0 Å².